The van der Waals surface area contributed by atoms with Gasteiger partial charge in [-0.15, -0.1) is 0 Å². The Balaban J connectivity index is 1.45. The molecule has 3 heterocycles. The van der Waals surface area contributed by atoms with Crippen LogP contribution in [0.2, 0.25) is 0 Å². The van der Waals surface area contributed by atoms with Gasteiger partial charge in [0.05, 0.1) is 30.2 Å². The Kier molecular flexibility index (Phi) is 3.21. The van der Waals surface area contributed by atoms with Gasteiger partial charge in [0.25, 0.3) is 5.56 Å². The number of nitrogens with zero attached hydrogens (tertiary/aromatic N) is 5. The lowest BCUT2D eigenvalue weighted by molar-refractivity contribution is 0.330. The average molecular weight is 303 g/mol. The van der Waals surface area contributed by atoms with E-state index in [4.69, 9.17) is 0 Å². The van der Waals surface area contributed by atoms with Gasteiger partial charge in [0.2, 0.25) is 0 Å². The molecule has 4 rings (SSSR count). The summed E-state index contributed by atoms with van der Waals surface area (Å²) in [5.74, 6) is 1.42. The van der Waals surface area contributed by atoms with Gasteiger partial charge < -0.3 is 4.90 Å². The minimum atomic E-state index is 0.0458. The molecule has 1 fully saturated rings. The number of rotatable bonds is 3. The van der Waals surface area contributed by atoms with Crippen LogP contribution in [-0.2, 0) is 19.4 Å². The molecule has 0 unspecified atom stereocenters. The third-order valence-electron chi connectivity index (χ3n) is 4.34. The molecule has 1 aliphatic carbocycles. The van der Waals surface area contributed by atoms with E-state index in [1.54, 1.807) is 16.9 Å². The predicted octanol–water partition coefficient (Wildman–Crippen LogP) is 1.11. The normalized spacial score (nSPS) is 18.4. The summed E-state index contributed by atoms with van der Waals surface area (Å²) in [6.45, 7) is 2.56. The first-order valence-electron chi connectivity index (χ1n) is 7.42. The lowest BCUT2D eigenvalue weighted by Crippen LogP contribution is -2.50. The van der Waals surface area contributed by atoms with Crippen molar-refractivity contribution in [1.29, 1.82) is 0 Å². The van der Waals surface area contributed by atoms with E-state index < -0.39 is 0 Å². The first-order chi connectivity index (χ1) is 10.3. The molecule has 0 atom stereocenters. The maximum absolute atomic E-state index is 12.1. The van der Waals surface area contributed by atoms with Gasteiger partial charge in [0.1, 0.15) is 0 Å². The molecule has 110 valence electrons. The molecule has 0 N–H and O–H groups in total. The molecular weight excluding hydrogens is 286 g/mol. The van der Waals surface area contributed by atoms with Crippen molar-refractivity contribution >= 4 is 17.5 Å². The molecule has 21 heavy (non-hydrogen) atoms. The number of aryl methyl sites for hydroxylation is 2. The van der Waals surface area contributed by atoms with Gasteiger partial charge >= 0.3 is 0 Å². The van der Waals surface area contributed by atoms with Crippen molar-refractivity contribution < 1.29 is 0 Å². The monoisotopic (exact) mass is 303 g/mol. The minimum absolute atomic E-state index is 0.0458. The van der Waals surface area contributed by atoms with E-state index in [1.807, 2.05) is 0 Å². The van der Waals surface area contributed by atoms with Gasteiger partial charge in [-0.1, -0.05) is 0 Å². The highest BCUT2D eigenvalue weighted by molar-refractivity contribution is 6.99. The molecule has 0 aromatic carbocycles. The second-order valence-corrected chi connectivity index (χ2v) is 6.44. The maximum atomic E-state index is 12.1. The predicted molar refractivity (Wildman–Crippen MR) is 80.8 cm³/mol. The number of aromatic nitrogens is 4. The molecule has 0 spiro atoms. The number of fused-ring (bicyclic) bond motifs is 1. The van der Waals surface area contributed by atoms with E-state index in [0.29, 0.717) is 12.5 Å². The lowest BCUT2D eigenvalue weighted by atomic mass is 9.96. The fourth-order valence-corrected chi connectivity index (χ4v) is 3.58. The highest BCUT2D eigenvalue weighted by atomic mass is 32.1. The van der Waals surface area contributed by atoms with Crippen molar-refractivity contribution in [2.45, 2.75) is 32.2 Å². The number of hydrogen-bond donors (Lipinski definition) is 0. The summed E-state index contributed by atoms with van der Waals surface area (Å²) in [4.78, 5) is 14.3. The summed E-state index contributed by atoms with van der Waals surface area (Å²) in [6, 6.07) is 1.79. The van der Waals surface area contributed by atoms with Crippen molar-refractivity contribution in [3.05, 3.63) is 33.9 Å². The van der Waals surface area contributed by atoms with E-state index in [2.05, 4.69) is 18.7 Å². The van der Waals surface area contributed by atoms with E-state index in [-0.39, 0.29) is 5.56 Å². The molecule has 2 aromatic rings. The van der Waals surface area contributed by atoms with Crippen LogP contribution < -0.4 is 10.5 Å². The number of anilines is 1. The van der Waals surface area contributed by atoms with Crippen LogP contribution in [0, 0.1) is 5.92 Å². The van der Waals surface area contributed by atoms with Gasteiger partial charge in [0, 0.05) is 25.1 Å². The molecule has 2 aromatic heterocycles. The van der Waals surface area contributed by atoms with Crippen LogP contribution in [0.4, 0.5) is 5.82 Å². The Morgan fingerprint density at radius 2 is 2.14 bits per heavy atom. The molecule has 0 saturated carbocycles. The van der Waals surface area contributed by atoms with Crippen molar-refractivity contribution in [2.24, 2.45) is 5.92 Å². The van der Waals surface area contributed by atoms with Gasteiger partial charge in [-0.3, -0.25) is 4.79 Å². The molecule has 2 aliphatic rings. The van der Waals surface area contributed by atoms with Crippen molar-refractivity contribution in [1.82, 2.24) is 18.5 Å². The highest BCUT2D eigenvalue weighted by Crippen LogP contribution is 2.24. The van der Waals surface area contributed by atoms with E-state index >= 15 is 0 Å². The van der Waals surface area contributed by atoms with Crippen LogP contribution in [0.1, 0.15) is 24.1 Å². The molecule has 7 heteroatoms. The first-order valence-corrected chi connectivity index (χ1v) is 8.15. The van der Waals surface area contributed by atoms with Gasteiger partial charge in [-0.2, -0.15) is 13.8 Å². The van der Waals surface area contributed by atoms with Crippen LogP contribution in [0.5, 0.6) is 0 Å². The van der Waals surface area contributed by atoms with Crippen LogP contribution >= 0.6 is 11.7 Å². The smallest absolute Gasteiger partial charge is 0.267 e. The third-order valence-corrected chi connectivity index (χ3v) is 4.80. The fourth-order valence-electron chi connectivity index (χ4n) is 3.15. The zero-order valence-corrected chi connectivity index (χ0v) is 12.6. The van der Waals surface area contributed by atoms with Crippen molar-refractivity contribution in [3.8, 4) is 0 Å². The van der Waals surface area contributed by atoms with Crippen LogP contribution in [0.15, 0.2) is 17.1 Å². The summed E-state index contributed by atoms with van der Waals surface area (Å²) < 4.78 is 9.90. The maximum Gasteiger partial charge on any atom is 0.267 e. The molecule has 6 nitrogen and oxygen atoms in total. The van der Waals surface area contributed by atoms with Gasteiger partial charge in [0.15, 0.2) is 5.82 Å². The summed E-state index contributed by atoms with van der Waals surface area (Å²) in [6.07, 6.45) is 6.18. The van der Waals surface area contributed by atoms with Crippen molar-refractivity contribution in [2.75, 3.05) is 18.0 Å². The molecule has 0 bridgehead atoms. The van der Waals surface area contributed by atoms with Gasteiger partial charge in [-0.05, 0) is 31.2 Å². The molecular formula is C14H17N5OS. The minimum Gasteiger partial charge on any atom is -0.354 e. The quantitative estimate of drug-likeness (QED) is 0.850. The highest BCUT2D eigenvalue weighted by Gasteiger charge is 2.29. The standard InChI is InChI=1S/C14H17N5OS/c20-14-5-11-3-1-2-4-12(11)16-19(14)9-10-7-18(8-10)13-6-15-21-17-13/h5-6,10H,1-4,7-9H2. The Morgan fingerprint density at radius 1 is 1.29 bits per heavy atom. The summed E-state index contributed by atoms with van der Waals surface area (Å²) >= 11 is 1.23. The Morgan fingerprint density at radius 3 is 2.95 bits per heavy atom. The molecule has 1 saturated heterocycles. The lowest BCUT2D eigenvalue weighted by Gasteiger charge is -2.39. The second kappa shape index (κ2) is 5.22. The largest absolute Gasteiger partial charge is 0.354 e. The Hall–Kier alpha value is -1.76. The molecule has 1 aliphatic heterocycles. The van der Waals surface area contributed by atoms with Crippen LogP contribution in [0.3, 0.4) is 0 Å². The summed E-state index contributed by atoms with van der Waals surface area (Å²) in [5, 5.41) is 4.58. The van der Waals surface area contributed by atoms with E-state index in [1.165, 1.54) is 24.6 Å². The average Bonchev–Trinajstić information content (AvgIpc) is 2.96. The SMILES string of the molecule is O=c1cc2c(nn1CC1CN(c3cnsn3)C1)CCCC2. The number of hydrogen-bond acceptors (Lipinski definition) is 6. The Bertz CT molecular complexity index is 690. The Labute approximate surface area is 126 Å². The molecule has 0 radical (unpaired) electrons. The first kappa shape index (κ1) is 12.9. The van der Waals surface area contributed by atoms with Crippen LogP contribution in [0.25, 0.3) is 0 Å². The van der Waals surface area contributed by atoms with Crippen LogP contribution in [-0.4, -0.2) is 31.6 Å². The zero-order chi connectivity index (χ0) is 14.2. The third kappa shape index (κ3) is 2.46. The summed E-state index contributed by atoms with van der Waals surface area (Å²) in [7, 11) is 0. The molecule has 0 amide bonds. The van der Waals surface area contributed by atoms with E-state index in [0.717, 1.165) is 43.0 Å². The van der Waals surface area contributed by atoms with E-state index in [9.17, 15) is 4.79 Å². The zero-order valence-electron chi connectivity index (χ0n) is 11.7. The summed E-state index contributed by atoms with van der Waals surface area (Å²) in [5.41, 5.74) is 2.33. The topological polar surface area (TPSA) is 63.9 Å². The van der Waals surface area contributed by atoms with Crippen molar-refractivity contribution in [3.63, 3.8) is 0 Å². The second-order valence-electron chi connectivity index (χ2n) is 5.88. The fraction of sp³-hybridized carbons (Fsp3) is 0.571. The van der Waals surface area contributed by atoms with Gasteiger partial charge in [-0.25, -0.2) is 4.68 Å².